The lowest BCUT2D eigenvalue weighted by Crippen LogP contribution is -2.43. The summed E-state index contributed by atoms with van der Waals surface area (Å²) < 4.78 is 1.42. The molecule has 2 aromatic heterocycles. The van der Waals surface area contributed by atoms with E-state index in [4.69, 9.17) is 0 Å². The highest BCUT2D eigenvalue weighted by Gasteiger charge is 2.21. The Bertz CT molecular complexity index is 783. The highest BCUT2D eigenvalue weighted by atomic mass is 32.1. The molecule has 0 spiro atoms. The number of nitrogens with zero attached hydrogens (tertiary/aromatic N) is 2. The van der Waals surface area contributed by atoms with Crippen LogP contribution >= 0.6 is 11.3 Å². The van der Waals surface area contributed by atoms with E-state index in [9.17, 15) is 9.59 Å². The van der Waals surface area contributed by atoms with Crippen LogP contribution in [0.2, 0.25) is 0 Å². The van der Waals surface area contributed by atoms with Gasteiger partial charge >= 0.3 is 0 Å². The molecule has 5 nitrogen and oxygen atoms in total. The van der Waals surface area contributed by atoms with Crippen LogP contribution in [0, 0.1) is 0 Å². The van der Waals surface area contributed by atoms with Gasteiger partial charge in [0.05, 0.1) is 11.7 Å². The quantitative estimate of drug-likeness (QED) is 0.923. The molecule has 1 aliphatic carbocycles. The van der Waals surface area contributed by atoms with Crippen LogP contribution in [0.25, 0.3) is 10.2 Å². The van der Waals surface area contributed by atoms with Crippen LogP contribution in [0.4, 0.5) is 0 Å². The van der Waals surface area contributed by atoms with Crippen LogP contribution in [-0.4, -0.2) is 21.0 Å². The van der Waals surface area contributed by atoms with Gasteiger partial charge in [-0.25, -0.2) is 4.98 Å². The molecule has 0 fully saturated rings. The summed E-state index contributed by atoms with van der Waals surface area (Å²) in [4.78, 5) is 31.3. The third kappa shape index (κ3) is 2.92. The van der Waals surface area contributed by atoms with E-state index in [0.29, 0.717) is 0 Å². The summed E-state index contributed by atoms with van der Waals surface area (Å²) in [5.74, 6) is -0.167. The van der Waals surface area contributed by atoms with E-state index in [0.717, 1.165) is 35.0 Å². The Hall–Kier alpha value is -1.69. The van der Waals surface area contributed by atoms with E-state index in [-0.39, 0.29) is 23.6 Å². The van der Waals surface area contributed by atoms with Crippen LogP contribution in [0.15, 0.2) is 11.1 Å². The van der Waals surface area contributed by atoms with Crippen molar-refractivity contribution in [3.8, 4) is 0 Å². The van der Waals surface area contributed by atoms with Crippen LogP contribution in [0.5, 0.6) is 0 Å². The van der Waals surface area contributed by atoms with E-state index in [1.54, 1.807) is 11.3 Å². The number of amides is 1. The zero-order valence-electron chi connectivity index (χ0n) is 13.2. The zero-order valence-corrected chi connectivity index (χ0v) is 14.0. The first kappa shape index (κ1) is 15.2. The van der Waals surface area contributed by atoms with Crippen molar-refractivity contribution in [3.63, 3.8) is 0 Å². The van der Waals surface area contributed by atoms with E-state index in [1.807, 2.05) is 20.8 Å². The molecule has 1 aliphatic rings. The molecule has 2 heterocycles. The van der Waals surface area contributed by atoms with Crippen molar-refractivity contribution in [2.75, 3.05) is 0 Å². The van der Waals surface area contributed by atoms with Gasteiger partial charge in [0.25, 0.3) is 5.56 Å². The summed E-state index contributed by atoms with van der Waals surface area (Å²) in [7, 11) is 0. The lowest BCUT2D eigenvalue weighted by Gasteiger charge is -2.20. The number of aryl methyl sites for hydroxylation is 2. The highest BCUT2D eigenvalue weighted by molar-refractivity contribution is 7.18. The first-order valence-electron chi connectivity index (χ1n) is 7.66. The van der Waals surface area contributed by atoms with Crippen molar-refractivity contribution in [2.45, 2.75) is 58.5 Å². The van der Waals surface area contributed by atoms with E-state index < -0.39 is 0 Å². The lowest BCUT2D eigenvalue weighted by atomic mass is 9.97. The molecule has 1 N–H and O–H groups in total. The number of nitrogens with one attached hydrogen (secondary N) is 1. The lowest BCUT2D eigenvalue weighted by molar-refractivity contribution is -0.123. The van der Waals surface area contributed by atoms with Crippen molar-refractivity contribution < 1.29 is 4.79 Å². The predicted octanol–water partition coefficient (Wildman–Crippen LogP) is 2.25. The second-order valence-corrected chi connectivity index (χ2v) is 7.95. The van der Waals surface area contributed by atoms with Crippen molar-refractivity contribution >= 4 is 27.5 Å². The van der Waals surface area contributed by atoms with Crippen LogP contribution in [-0.2, 0) is 24.2 Å². The number of hydrogen-bond donors (Lipinski definition) is 1. The van der Waals surface area contributed by atoms with Gasteiger partial charge in [-0.1, -0.05) is 0 Å². The Kier molecular flexibility index (Phi) is 3.80. The number of aromatic nitrogens is 2. The fourth-order valence-corrected chi connectivity index (χ4v) is 4.13. The SMILES string of the molecule is CC(C)(C)NC(=O)Cn1cnc2sc3c(c2c1=O)CCCC3. The molecule has 0 bridgehead atoms. The zero-order chi connectivity index (χ0) is 15.9. The third-order valence-electron chi connectivity index (χ3n) is 3.77. The van der Waals surface area contributed by atoms with Crippen molar-refractivity contribution in [1.29, 1.82) is 0 Å². The fourth-order valence-electron chi connectivity index (χ4n) is 2.91. The Morgan fingerprint density at radius 3 is 2.82 bits per heavy atom. The van der Waals surface area contributed by atoms with Crippen molar-refractivity contribution in [2.24, 2.45) is 0 Å². The largest absolute Gasteiger partial charge is 0.350 e. The van der Waals surface area contributed by atoms with Gasteiger partial charge in [-0.2, -0.15) is 0 Å². The molecule has 0 aliphatic heterocycles. The van der Waals surface area contributed by atoms with Gasteiger partial charge in [0, 0.05) is 10.4 Å². The minimum atomic E-state index is -0.306. The topological polar surface area (TPSA) is 64.0 Å². The van der Waals surface area contributed by atoms with Crippen LogP contribution in [0.1, 0.15) is 44.1 Å². The minimum absolute atomic E-state index is 0.0175. The van der Waals surface area contributed by atoms with Gasteiger partial charge < -0.3 is 5.32 Å². The molecule has 2 aromatic rings. The average Bonchev–Trinajstić information content (AvgIpc) is 2.79. The molecule has 0 atom stereocenters. The Morgan fingerprint density at radius 2 is 2.09 bits per heavy atom. The van der Waals surface area contributed by atoms with Gasteiger partial charge in [0.2, 0.25) is 5.91 Å². The maximum atomic E-state index is 12.7. The number of hydrogen-bond acceptors (Lipinski definition) is 4. The Morgan fingerprint density at radius 1 is 1.36 bits per heavy atom. The maximum absolute atomic E-state index is 12.7. The van der Waals surface area contributed by atoms with Gasteiger partial charge in [-0.3, -0.25) is 14.2 Å². The first-order chi connectivity index (χ1) is 10.3. The molecule has 3 rings (SSSR count). The normalized spacial score (nSPS) is 14.9. The average molecular weight is 319 g/mol. The number of fused-ring (bicyclic) bond motifs is 3. The van der Waals surface area contributed by atoms with E-state index in [2.05, 4.69) is 10.3 Å². The molecule has 1 amide bonds. The number of rotatable bonds is 2. The standard InChI is InChI=1S/C16H21N3O2S/c1-16(2,3)18-12(20)8-19-9-17-14-13(15(19)21)10-6-4-5-7-11(10)22-14/h9H,4-8H2,1-3H3,(H,18,20). The summed E-state index contributed by atoms with van der Waals surface area (Å²) in [6.45, 7) is 5.78. The number of thiophene rings is 1. The van der Waals surface area contributed by atoms with Gasteiger partial charge in [-0.05, 0) is 52.0 Å². The van der Waals surface area contributed by atoms with E-state index in [1.165, 1.54) is 22.2 Å². The molecular weight excluding hydrogens is 298 g/mol. The maximum Gasteiger partial charge on any atom is 0.262 e. The summed E-state index contributed by atoms with van der Waals surface area (Å²) >= 11 is 1.63. The van der Waals surface area contributed by atoms with Gasteiger partial charge in [-0.15, -0.1) is 11.3 Å². The molecule has 6 heteroatoms. The minimum Gasteiger partial charge on any atom is -0.350 e. The van der Waals surface area contributed by atoms with Crippen LogP contribution in [0.3, 0.4) is 0 Å². The molecule has 0 saturated heterocycles. The summed E-state index contributed by atoms with van der Waals surface area (Å²) in [5.41, 5.74) is 0.766. The second kappa shape index (κ2) is 5.50. The number of carbonyl (C=O) groups excluding carboxylic acids is 1. The Labute approximate surface area is 133 Å². The molecule has 0 unspecified atom stereocenters. The van der Waals surface area contributed by atoms with Crippen LogP contribution < -0.4 is 10.9 Å². The van der Waals surface area contributed by atoms with Crippen molar-refractivity contribution in [3.05, 3.63) is 27.1 Å². The second-order valence-electron chi connectivity index (χ2n) is 6.87. The van der Waals surface area contributed by atoms with E-state index >= 15 is 0 Å². The molecule has 118 valence electrons. The molecule has 0 radical (unpaired) electrons. The van der Waals surface area contributed by atoms with Gasteiger partial charge in [0.15, 0.2) is 0 Å². The third-order valence-corrected chi connectivity index (χ3v) is 4.97. The molecule has 0 saturated carbocycles. The number of carbonyl (C=O) groups is 1. The fraction of sp³-hybridized carbons (Fsp3) is 0.562. The highest BCUT2D eigenvalue weighted by Crippen LogP contribution is 2.33. The summed E-state index contributed by atoms with van der Waals surface area (Å²) in [6.07, 6.45) is 5.79. The Balaban J connectivity index is 1.96. The predicted molar refractivity (Wildman–Crippen MR) is 88.4 cm³/mol. The monoisotopic (exact) mass is 319 g/mol. The van der Waals surface area contributed by atoms with Crippen molar-refractivity contribution in [1.82, 2.24) is 14.9 Å². The van der Waals surface area contributed by atoms with Gasteiger partial charge in [0.1, 0.15) is 11.4 Å². The molecule has 0 aromatic carbocycles. The molecule has 22 heavy (non-hydrogen) atoms. The summed E-state index contributed by atoms with van der Waals surface area (Å²) in [6, 6.07) is 0. The molecular formula is C16H21N3O2S. The smallest absolute Gasteiger partial charge is 0.262 e. The first-order valence-corrected chi connectivity index (χ1v) is 8.47. The summed E-state index contributed by atoms with van der Waals surface area (Å²) in [5, 5.41) is 3.60.